The number of benzene rings is 2. The molecule has 0 saturated carbocycles. The number of carbonyl (C=O) groups is 2. The van der Waals surface area contributed by atoms with E-state index in [9.17, 15) is 9.59 Å². The van der Waals surface area contributed by atoms with Gasteiger partial charge in [0.15, 0.2) is 5.78 Å². The van der Waals surface area contributed by atoms with Crippen LogP contribution in [0.2, 0.25) is 0 Å². The third-order valence-electron chi connectivity index (χ3n) is 4.65. The van der Waals surface area contributed by atoms with Crippen molar-refractivity contribution in [3.05, 3.63) is 64.7 Å². The number of nitrogens with one attached hydrogen (secondary N) is 1. The molecule has 0 aliphatic carbocycles. The molecule has 0 amide bonds. The highest BCUT2D eigenvalue weighted by atomic mass is 16.4. The predicted octanol–water partition coefficient (Wildman–Crippen LogP) is 2.69. The summed E-state index contributed by atoms with van der Waals surface area (Å²) >= 11 is 0. The van der Waals surface area contributed by atoms with Gasteiger partial charge in [-0.05, 0) is 29.3 Å². The molecule has 1 aliphatic heterocycles. The number of hydrogen-bond acceptors (Lipinski definition) is 5. The zero-order valence-corrected chi connectivity index (χ0v) is 14.9. The molecule has 138 valence electrons. The van der Waals surface area contributed by atoms with Crippen LogP contribution in [0.15, 0.2) is 42.5 Å². The number of rotatable bonds is 6. The minimum Gasteiger partial charge on any atom is -0.481 e. The van der Waals surface area contributed by atoms with E-state index in [4.69, 9.17) is 10.4 Å². The molecular weight excluding hydrogens is 342 g/mol. The summed E-state index contributed by atoms with van der Waals surface area (Å²) in [7, 11) is 0. The number of carboxylic acid groups (broad SMARTS) is 1. The summed E-state index contributed by atoms with van der Waals surface area (Å²) in [6, 6.07) is 14.6. The molecule has 3 rings (SSSR count). The Balaban J connectivity index is 1.71. The molecule has 1 aliphatic rings. The minimum atomic E-state index is -0.797. The second-order valence-corrected chi connectivity index (χ2v) is 6.63. The van der Waals surface area contributed by atoms with E-state index in [1.807, 2.05) is 24.3 Å². The topological polar surface area (TPSA) is 93.4 Å². The van der Waals surface area contributed by atoms with Crippen molar-refractivity contribution in [2.24, 2.45) is 0 Å². The Bertz CT molecular complexity index is 885. The van der Waals surface area contributed by atoms with Crippen LogP contribution < -0.4 is 5.32 Å². The zero-order chi connectivity index (χ0) is 19.2. The van der Waals surface area contributed by atoms with E-state index in [2.05, 4.69) is 10.2 Å². The summed E-state index contributed by atoms with van der Waals surface area (Å²) in [5.74, 6) is -0.794. The van der Waals surface area contributed by atoms with E-state index in [0.29, 0.717) is 24.2 Å². The summed E-state index contributed by atoms with van der Waals surface area (Å²) < 4.78 is 0. The number of aliphatic carboxylic acids is 1. The summed E-state index contributed by atoms with van der Waals surface area (Å²) in [5, 5.41) is 21.1. The Morgan fingerprint density at radius 3 is 2.67 bits per heavy atom. The predicted molar refractivity (Wildman–Crippen MR) is 102 cm³/mol. The van der Waals surface area contributed by atoms with Gasteiger partial charge in [0.05, 0.1) is 18.1 Å². The maximum atomic E-state index is 12.5. The van der Waals surface area contributed by atoms with Crippen molar-refractivity contribution >= 4 is 17.4 Å². The second-order valence-electron chi connectivity index (χ2n) is 6.63. The lowest BCUT2D eigenvalue weighted by Gasteiger charge is -2.18. The molecular formula is C21H21N3O3. The van der Waals surface area contributed by atoms with Crippen LogP contribution >= 0.6 is 0 Å². The van der Waals surface area contributed by atoms with Gasteiger partial charge < -0.3 is 10.4 Å². The van der Waals surface area contributed by atoms with E-state index >= 15 is 0 Å². The maximum absolute atomic E-state index is 12.5. The Labute approximate surface area is 158 Å². The van der Waals surface area contributed by atoms with Crippen molar-refractivity contribution in [3.8, 4) is 6.07 Å². The highest BCUT2D eigenvalue weighted by Crippen LogP contribution is 2.23. The molecule has 0 aromatic heterocycles. The van der Waals surface area contributed by atoms with Crippen LogP contribution in [0.5, 0.6) is 0 Å². The third kappa shape index (κ3) is 4.93. The van der Waals surface area contributed by atoms with Crippen LogP contribution in [0.25, 0.3) is 0 Å². The molecule has 1 heterocycles. The second kappa shape index (κ2) is 8.47. The summed E-state index contributed by atoms with van der Waals surface area (Å²) in [5.41, 5.74) is 4.14. The van der Waals surface area contributed by atoms with E-state index < -0.39 is 5.97 Å². The number of anilines is 1. The molecule has 0 spiro atoms. The van der Waals surface area contributed by atoms with Gasteiger partial charge in [0, 0.05) is 43.9 Å². The Kier molecular flexibility index (Phi) is 5.84. The number of hydrogen-bond donors (Lipinski definition) is 2. The van der Waals surface area contributed by atoms with Crippen molar-refractivity contribution in [1.82, 2.24) is 4.90 Å². The average Bonchev–Trinajstić information content (AvgIpc) is 2.88. The molecule has 0 bridgehead atoms. The standard InChI is InChI=1S/C21H21N3O3/c22-13-15-1-4-17(5-2-15)20(25)12-16-3-6-19-18(11-16)14-24(10-8-23-19)9-7-21(26)27/h1-6,11,23H,7-10,12,14H2,(H,26,27). The molecule has 0 unspecified atom stereocenters. The molecule has 27 heavy (non-hydrogen) atoms. The fourth-order valence-corrected chi connectivity index (χ4v) is 3.19. The van der Waals surface area contributed by atoms with Gasteiger partial charge in [0.2, 0.25) is 0 Å². The van der Waals surface area contributed by atoms with Gasteiger partial charge in [-0.25, -0.2) is 0 Å². The van der Waals surface area contributed by atoms with E-state index in [1.165, 1.54) is 0 Å². The lowest BCUT2D eigenvalue weighted by molar-refractivity contribution is -0.137. The van der Waals surface area contributed by atoms with Crippen molar-refractivity contribution < 1.29 is 14.7 Å². The lowest BCUT2D eigenvalue weighted by atomic mass is 9.99. The maximum Gasteiger partial charge on any atom is 0.304 e. The number of carboxylic acids is 1. The quantitative estimate of drug-likeness (QED) is 0.767. The lowest BCUT2D eigenvalue weighted by Crippen LogP contribution is -2.28. The molecule has 2 N–H and O–H groups in total. The van der Waals surface area contributed by atoms with Gasteiger partial charge >= 0.3 is 5.97 Å². The number of nitrogens with zero attached hydrogens (tertiary/aromatic N) is 2. The average molecular weight is 363 g/mol. The summed E-state index contributed by atoms with van der Waals surface area (Å²) in [4.78, 5) is 25.5. The van der Waals surface area contributed by atoms with Crippen LogP contribution in [0, 0.1) is 11.3 Å². The Hall–Kier alpha value is -3.17. The van der Waals surface area contributed by atoms with Crippen molar-refractivity contribution in [3.63, 3.8) is 0 Å². The number of fused-ring (bicyclic) bond motifs is 1. The number of carbonyl (C=O) groups excluding carboxylic acids is 1. The highest BCUT2D eigenvalue weighted by molar-refractivity contribution is 5.97. The normalized spacial score (nSPS) is 13.7. The van der Waals surface area contributed by atoms with Crippen molar-refractivity contribution in [2.45, 2.75) is 19.4 Å². The van der Waals surface area contributed by atoms with Crippen LogP contribution in [-0.2, 0) is 17.8 Å². The Morgan fingerprint density at radius 1 is 1.19 bits per heavy atom. The third-order valence-corrected chi connectivity index (χ3v) is 4.65. The summed E-state index contributed by atoms with van der Waals surface area (Å²) in [6.45, 7) is 2.71. The van der Waals surface area contributed by atoms with E-state index in [-0.39, 0.29) is 18.6 Å². The molecule has 6 nitrogen and oxygen atoms in total. The van der Waals surface area contributed by atoms with Gasteiger partial charge in [-0.2, -0.15) is 5.26 Å². The molecule has 0 radical (unpaired) electrons. The first-order valence-corrected chi connectivity index (χ1v) is 8.88. The van der Waals surface area contributed by atoms with Crippen LogP contribution in [0.3, 0.4) is 0 Å². The molecule has 0 fully saturated rings. The van der Waals surface area contributed by atoms with Gasteiger partial charge in [-0.1, -0.05) is 24.3 Å². The molecule has 6 heteroatoms. The highest BCUT2D eigenvalue weighted by Gasteiger charge is 2.16. The van der Waals surface area contributed by atoms with Crippen LogP contribution in [0.1, 0.15) is 33.5 Å². The first-order chi connectivity index (χ1) is 13.0. The Morgan fingerprint density at radius 2 is 1.96 bits per heavy atom. The minimum absolute atomic E-state index is 0.00348. The van der Waals surface area contributed by atoms with Gasteiger partial charge in [0.1, 0.15) is 0 Å². The van der Waals surface area contributed by atoms with Crippen molar-refractivity contribution in [1.29, 1.82) is 5.26 Å². The van der Waals surface area contributed by atoms with Gasteiger partial charge in [-0.15, -0.1) is 0 Å². The fourth-order valence-electron chi connectivity index (χ4n) is 3.19. The van der Waals surface area contributed by atoms with Crippen molar-refractivity contribution in [2.75, 3.05) is 25.0 Å². The van der Waals surface area contributed by atoms with Crippen LogP contribution in [-0.4, -0.2) is 41.4 Å². The first kappa shape index (κ1) is 18.6. The summed E-state index contributed by atoms with van der Waals surface area (Å²) in [6.07, 6.45) is 0.403. The van der Waals surface area contributed by atoms with Crippen LogP contribution in [0.4, 0.5) is 5.69 Å². The van der Waals surface area contributed by atoms with E-state index in [0.717, 1.165) is 29.9 Å². The molecule has 2 aromatic carbocycles. The molecule has 0 atom stereocenters. The monoisotopic (exact) mass is 363 g/mol. The smallest absolute Gasteiger partial charge is 0.304 e. The van der Waals surface area contributed by atoms with E-state index in [1.54, 1.807) is 24.3 Å². The fraction of sp³-hybridized carbons (Fsp3) is 0.286. The largest absolute Gasteiger partial charge is 0.481 e. The zero-order valence-electron chi connectivity index (χ0n) is 14.9. The van der Waals surface area contributed by atoms with Gasteiger partial charge in [0.25, 0.3) is 0 Å². The number of Topliss-reactive ketones (excluding diaryl/α,β-unsaturated/α-hetero) is 1. The molecule has 0 saturated heterocycles. The molecule has 2 aromatic rings. The van der Waals surface area contributed by atoms with Gasteiger partial charge in [-0.3, -0.25) is 14.5 Å². The SMILES string of the molecule is N#Cc1ccc(C(=O)Cc2ccc3c(c2)CN(CCC(=O)O)CCN3)cc1. The first-order valence-electron chi connectivity index (χ1n) is 8.88. The number of nitriles is 1. The number of ketones is 1.